The van der Waals surface area contributed by atoms with Gasteiger partial charge in [0, 0.05) is 12.1 Å². The third-order valence-electron chi connectivity index (χ3n) is 5.18. The van der Waals surface area contributed by atoms with Gasteiger partial charge in [-0.1, -0.05) is 57.0 Å². The van der Waals surface area contributed by atoms with Gasteiger partial charge in [0.05, 0.1) is 0 Å². The van der Waals surface area contributed by atoms with Crippen molar-refractivity contribution in [3.05, 3.63) is 34.9 Å². The lowest BCUT2D eigenvalue weighted by molar-refractivity contribution is 0.457. The molecule has 1 saturated carbocycles. The SMILES string of the molecule is Cc1cc(C)cc(C(C)NC2C(C)(C)C2(C)C)c1. The number of nitrogens with one attached hydrogen (secondary N) is 1. The Morgan fingerprint density at radius 2 is 1.39 bits per heavy atom. The number of hydrogen-bond acceptors (Lipinski definition) is 1. The Bertz CT molecular complexity index is 422. The predicted molar refractivity (Wildman–Crippen MR) is 78.8 cm³/mol. The Morgan fingerprint density at radius 3 is 1.78 bits per heavy atom. The smallest absolute Gasteiger partial charge is 0.0295 e. The molecule has 0 radical (unpaired) electrons. The van der Waals surface area contributed by atoms with Gasteiger partial charge in [-0.3, -0.25) is 0 Å². The van der Waals surface area contributed by atoms with Gasteiger partial charge in [0.15, 0.2) is 0 Å². The Hall–Kier alpha value is -0.820. The summed E-state index contributed by atoms with van der Waals surface area (Å²) < 4.78 is 0. The highest BCUT2D eigenvalue weighted by atomic mass is 15.1. The Labute approximate surface area is 112 Å². The summed E-state index contributed by atoms with van der Waals surface area (Å²) in [6.45, 7) is 16.1. The minimum absolute atomic E-state index is 0.403. The van der Waals surface area contributed by atoms with Crippen molar-refractivity contribution in [3.63, 3.8) is 0 Å². The number of rotatable bonds is 3. The molecule has 0 heterocycles. The molecule has 1 N–H and O–H groups in total. The number of hydrogen-bond donors (Lipinski definition) is 1. The maximum atomic E-state index is 3.81. The highest BCUT2D eigenvalue weighted by Crippen LogP contribution is 2.63. The van der Waals surface area contributed by atoms with Gasteiger partial charge < -0.3 is 5.32 Å². The lowest BCUT2D eigenvalue weighted by atomic mass is 10.0. The first-order valence-corrected chi connectivity index (χ1v) is 7.00. The van der Waals surface area contributed by atoms with Gasteiger partial charge >= 0.3 is 0 Å². The van der Waals surface area contributed by atoms with Crippen molar-refractivity contribution in [2.24, 2.45) is 10.8 Å². The van der Waals surface area contributed by atoms with Crippen LogP contribution in [-0.2, 0) is 0 Å². The van der Waals surface area contributed by atoms with Crippen LogP contribution in [0.3, 0.4) is 0 Å². The Balaban J connectivity index is 2.12. The number of aryl methyl sites for hydroxylation is 2. The van der Waals surface area contributed by atoms with E-state index in [1.807, 2.05) is 0 Å². The summed E-state index contributed by atoms with van der Waals surface area (Å²) in [6, 6.07) is 7.87. The molecule has 1 atom stereocenters. The molecule has 1 unspecified atom stereocenters. The van der Waals surface area contributed by atoms with Crippen LogP contribution in [0.5, 0.6) is 0 Å². The van der Waals surface area contributed by atoms with E-state index in [9.17, 15) is 0 Å². The molecule has 0 saturated heterocycles. The van der Waals surface area contributed by atoms with Crippen molar-refractivity contribution < 1.29 is 0 Å². The standard InChI is InChI=1S/C17H27N/c1-11-8-12(2)10-14(9-11)13(3)18-15-16(4,5)17(15,6)7/h8-10,13,15,18H,1-7H3. The van der Waals surface area contributed by atoms with Crippen LogP contribution < -0.4 is 5.32 Å². The second-order valence-electron chi connectivity index (χ2n) is 7.19. The molecular weight excluding hydrogens is 218 g/mol. The van der Waals surface area contributed by atoms with Crippen molar-refractivity contribution in [2.75, 3.05) is 0 Å². The minimum atomic E-state index is 0.403. The van der Waals surface area contributed by atoms with Crippen molar-refractivity contribution in [1.29, 1.82) is 0 Å². The zero-order chi connectivity index (χ0) is 13.7. The summed E-state index contributed by atoms with van der Waals surface area (Å²) in [6.07, 6.45) is 0. The van der Waals surface area contributed by atoms with E-state index in [0.29, 0.717) is 22.9 Å². The fraction of sp³-hybridized carbons (Fsp3) is 0.647. The van der Waals surface area contributed by atoms with Gasteiger partial charge in [-0.15, -0.1) is 0 Å². The molecule has 0 aliphatic heterocycles. The largest absolute Gasteiger partial charge is 0.306 e. The molecule has 1 aliphatic carbocycles. The summed E-state index contributed by atoms with van der Waals surface area (Å²) >= 11 is 0. The normalized spacial score (nSPS) is 22.8. The van der Waals surface area contributed by atoms with Gasteiger partial charge in [0.2, 0.25) is 0 Å². The summed E-state index contributed by atoms with van der Waals surface area (Å²) in [5, 5.41) is 3.81. The number of benzene rings is 1. The van der Waals surface area contributed by atoms with Crippen LogP contribution in [0.25, 0.3) is 0 Å². The topological polar surface area (TPSA) is 12.0 Å². The van der Waals surface area contributed by atoms with Crippen LogP contribution >= 0.6 is 0 Å². The molecule has 100 valence electrons. The molecule has 0 bridgehead atoms. The maximum Gasteiger partial charge on any atom is 0.0295 e. The first-order valence-electron chi connectivity index (χ1n) is 7.00. The van der Waals surface area contributed by atoms with E-state index < -0.39 is 0 Å². The Kier molecular flexibility index (Phi) is 3.09. The van der Waals surface area contributed by atoms with E-state index in [-0.39, 0.29) is 0 Å². The average molecular weight is 245 g/mol. The molecule has 1 heteroatoms. The molecule has 1 nitrogen and oxygen atoms in total. The summed E-state index contributed by atoms with van der Waals surface area (Å²) in [5.41, 5.74) is 4.92. The predicted octanol–water partition coefficient (Wildman–Crippen LogP) is 4.39. The van der Waals surface area contributed by atoms with Crippen LogP contribution in [0.1, 0.15) is 57.4 Å². The minimum Gasteiger partial charge on any atom is -0.306 e. The van der Waals surface area contributed by atoms with Crippen molar-refractivity contribution >= 4 is 0 Å². The molecule has 1 aliphatic rings. The van der Waals surface area contributed by atoms with E-state index in [4.69, 9.17) is 0 Å². The summed E-state index contributed by atoms with van der Waals surface area (Å²) in [4.78, 5) is 0. The Morgan fingerprint density at radius 1 is 0.944 bits per heavy atom. The fourth-order valence-corrected chi connectivity index (χ4v) is 3.22. The third kappa shape index (κ3) is 2.09. The first-order chi connectivity index (χ1) is 8.16. The average Bonchev–Trinajstić information content (AvgIpc) is 2.59. The van der Waals surface area contributed by atoms with Crippen LogP contribution in [0, 0.1) is 24.7 Å². The zero-order valence-electron chi connectivity index (χ0n) is 12.9. The molecule has 18 heavy (non-hydrogen) atoms. The molecule has 1 fully saturated rings. The lowest BCUT2D eigenvalue weighted by Crippen LogP contribution is -2.25. The van der Waals surface area contributed by atoms with Crippen LogP contribution in [0.15, 0.2) is 18.2 Å². The van der Waals surface area contributed by atoms with Gasteiger partial charge in [0.1, 0.15) is 0 Å². The zero-order valence-corrected chi connectivity index (χ0v) is 12.9. The van der Waals surface area contributed by atoms with E-state index in [0.717, 1.165) is 0 Å². The monoisotopic (exact) mass is 245 g/mol. The van der Waals surface area contributed by atoms with Crippen molar-refractivity contribution in [3.8, 4) is 0 Å². The molecule has 1 aromatic carbocycles. The van der Waals surface area contributed by atoms with Crippen LogP contribution in [0.4, 0.5) is 0 Å². The van der Waals surface area contributed by atoms with Crippen LogP contribution in [-0.4, -0.2) is 6.04 Å². The van der Waals surface area contributed by atoms with E-state index in [2.05, 4.69) is 72.0 Å². The lowest BCUT2D eigenvalue weighted by Gasteiger charge is -2.17. The van der Waals surface area contributed by atoms with Gasteiger partial charge in [-0.05, 0) is 37.2 Å². The quantitative estimate of drug-likeness (QED) is 0.833. The summed E-state index contributed by atoms with van der Waals surface area (Å²) in [7, 11) is 0. The van der Waals surface area contributed by atoms with Crippen molar-refractivity contribution in [2.45, 2.75) is 60.5 Å². The molecule has 0 spiro atoms. The molecule has 0 aromatic heterocycles. The first kappa shape index (κ1) is 13.6. The van der Waals surface area contributed by atoms with Crippen LogP contribution in [0.2, 0.25) is 0 Å². The molecule has 0 amide bonds. The van der Waals surface area contributed by atoms with Gasteiger partial charge in [0.25, 0.3) is 0 Å². The second-order valence-corrected chi connectivity index (χ2v) is 7.19. The van der Waals surface area contributed by atoms with E-state index in [1.165, 1.54) is 16.7 Å². The molecule has 1 aromatic rings. The van der Waals surface area contributed by atoms with E-state index in [1.54, 1.807) is 0 Å². The second kappa shape index (κ2) is 4.09. The summed E-state index contributed by atoms with van der Waals surface area (Å²) in [5.74, 6) is 0. The molecular formula is C17H27N. The van der Waals surface area contributed by atoms with E-state index >= 15 is 0 Å². The molecule has 2 rings (SSSR count). The third-order valence-corrected chi connectivity index (χ3v) is 5.18. The van der Waals surface area contributed by atoms with Gasteiger partial charge in [-0.2, -0.15) is 0 Å². The van der Waals surface area contributed by atoms with Gasteiger partial charge in [-0.25, -0.2) is 0 Å². The highest BCUT2D eigenvalue weighted by Gasteiger charge is 2.64. The van der Waals surface area contributed by atoms with Crippen molar-refractivity contribution in [1.82, 2.24) is 5.32 Å². The fourth-order valence-electron chi connectivity index (χ4n) is 3.22. The highest BCUT2D eigenvalue weighted by molar-refractivity contribution is 5.31. The maximum absolute atomic E-state index is 3.81.